The maximum Gasteiger partial charge on any atom is 0.0573 e. The van der Waals surface area contributed by atoms with E-state index >= 15 is 0 Å². The average molecular weight is 423 g/mol. The van der Waals surface area contributed by atoms with E-state index in [1.807, 2.05) is 0 Å². The summed E-state index contributed by atoms with van der Waals surface area (Å²) >= 11 is 0. The molecule has 0 spiro atoms. The van der Waals surface area contributed by atoms with Gasteiger partial charge >= 0.3 is 0 Å². The molecule has 0 amide bonds. The van der Waals surface area contributed by atoms with Crippen LogP contribution in [0.2, 0.25) is 0 Å². The predicted molar refractivity (Wildman–Crippen MR) is 130 cm³/mol. The van der Waals surface area contributed by atoms with Gasteiger partial charge in [0.05, 0.1) is 6.10 Å². The topological polar surface area (TPSA) is 20.2 Å². The van der Waals surface area contributed by atoms with Gasteiger partial charge in [0.2, 0.25) is 0 Å². The molecule has 0 aromatic heterocycles. The van der Waals surface area contributed by atoms with Crippen LogP contribution in [0.5, 0.6) is 0 Å². The number of aliphatic hydroxyl groups excluding tert-OH is 1. The van der Waals surface area contributed by atoms with Crippen molar-refractivity contribution in [2.45, 2.75) is 112 Å². The van der Waals surface area contributed by atoms with Crippen molar-refractivity contribution in [1.29, 1.82) is 0 Å². The van der Waals surface area contributed by atoms with Gasteiger partial charge in [-0.25, -0.2) is 0 Å². The Bertz CT molecular complexity index is 858. The third-order valence-corrected chi connectivity index (χ3v) is 12.1. The third-order valence-electron chi connectivity index (χ3n) is 12.1. The van der Waals surface area contributed by atoms with E-state index in [2.05, 4.69) is 59.9 Å². The second-order valence-corrected chi connectivity index (χ2v) is 14.0. The fourth-order valence-corrected chi connectivity index (χ4v) is 10.1. The molecule has 0 aromatic rings. The quantitative estimate of drug-likeness (QED) is 0.311. The van der Waals surface area contributed by atoms with Crippen molar-refractivity contribution in [2.24, 2.45) is 44.8 Å². The number of hydrogen-bond acceptors (Lipinski definition) is 1. The first kappa shape index (κ1) is 22.0. The van der Waals surface area contributed by atoms with Crippen LogP contribution in [0.25, 0.3) is 0 Å². The van der Waals surface area contributed by atoms with E-state index in [0.29, 0.717) is 34.0 Å². The zero-order valence-corrected chi connectivity index (χ0v) is 21.1. The lowest BCUT2D eigenvalue weighted by molar-refractivity contribution is -0.174. The van der Waals surface area contributed by atoms with Crippen molar-refractivity contribution in [1.82, 2.24) is 0 Å². The van der Waals surface area contributed by atoms with E-state index in [1.165, 1.54) is 56.9 Å². The maximum atomic E-state index is 10.9. The summed E-state index contributed by atoms with van der Waals surface area (Å²) in [6, 6.07) is 0. The van der Waals surface area contributed by atoms with Gasteiger partial charge in [-0.15, -0.1) is 5.73 Å². The Kier molecular flexibility index (Phi) is 4.72. The van der Waals surface area contributed by atoms with Crippen LogP contribution in [0.15, 0.2) is 29.5 Å². The summed E-state index contributed by atoms with van der Waals surface area (Å²) in [5.41, 5.74) is 8.23. The largest absolute Gasteiger partial charge is 0.393 e. The predicted octanol–water partition coefficient (Wildman–Crippen LogP) is 7.85. The number of allylic oxidation sites excluding steroid dienone is 3. The highest BCUT2D eigenvalue weighted by molar-refractivity contribution is 5.37. The summed E-state index contributed by atoms with van der Waals surface area (Å²) in [6.07, 6.45) is 15.0. The maximum absolute atomic E-state index is 10.9. The van der Waals surface area contributed by atoms with Crippen LogP contribution in [-0.2, 0) is 0 Å². The molecule has 4 saturated carbocycles. The van der Waals surface area contributed by atoms with Crippen molar-refractivity contribution in [3.8, 4) is 0 Å². The lowest BCUT2D eigenvalue weighted by Crippen LogP contribution is -2.62. The van der Waals surface area contributed by atoms with Gasteiger partial charge in [0, 0.05) is 5.41 Å². The molecule has 5 rings (SSSR count). The van der Waals surface area contributed by atoms with Crippen molar-refractivity contribution < 1.29 is 5.11 Å². The van der Waals surface area contributed by atoms with Gasteiger partial charge in [-0.3, -0.25) is 0 Å². The first-order chi connectivity index (χ1) is 14.4. The zero-order valence-electron chi connectivity index (χ0n) is 21.1. The number of aliphatic hydroxyl groups is 1. The summed E-state index contributed by atoms with van der Waals surface area (Å²) < 4.78 is 0. The fourth-order valence-electron chi connectivity index (χ4n) is 10.1. The van der Waals surface area contributed by atoms with Crippen LogP contribution in [0, 0.1) is 44.8 Å². The molecule has 5 aliphatic rings. The number of fused-ring (bicyclic) bond motifs is 7. The van der Waals surface area contributed by atoms with E-state index in [0.717, 1.165) is 12.8 Å². The molecular weight excluding hydrogens is 376 g/mol. The molecule has 0 radical (unpaired) electrons. The summed E-state index contributed by atoms with van der Waals surface area (Å²) in [6.45, 7) is 19.5. The Morgan fingerprint density at radius 2 is 1.74 bits per heavy atom. The first-order valence-corrected chi connectivity index (χ1v) is 13.2. The van der Waals surface area contributed by atoms with Gasteiger partial charge in [-0.05, 0) is 103 Å². The zero-order chi connectivity index (χ0) is 22.4. The molecule has 4 fully saturated rings. The standard InChI is InChI=1S/C30H46O/c1-8-20-18-26(2,3)19-23-21-11-12-25-28(5)14-9-10-24(31)22(28)13-15-30(25,7)29(21,6)17-16-27(20,23)4/h11,22-25,31H,1,9-10,12-19H2,2-7H3/t22-,23-,24-,25+,27-,28-,29+,30+/m0/s1. The molecular formula is C30H46O. The summed E-state index contributed by atoms with van der Waals surface area (Å²) in [5, 5.41) is 10.9. The van der Waals surface area contributed by atoms with E-state index in [4.69, 9.17) is 0 Å². The number of rotatable bonds is 0. The Morgan fingerprint density at radius 3 is 2.45 bits per heavy atom. The molecule has 0 aromatic carbocycles. The molecule has 1 heteroatoms. The molecule has 0 aliphatic heterocycles. The minimum absolute atomic E-state index is 0.0736. The van der Waals surface area contributed by atoms with E-state index < -0.39 is 0 Å². The second-order valence-electron chi connectivity index (χ2n) is 14.0. The van der Waals surface area contributed by atoms with E-state index in [9.17, 15) is 5.11 Å². The highest BCUT2D eigenvalue weighted by Gasteiger charge is 2.66. The molecule has 0 bridgehead atoms. The molecule has 0 heterocycles. The molecule has 0 unspecified atom stereocenters. The van der Waals surface area contributed by atoms with Crippen molar-refractivity contribution in [2.75, 3.05) is 0 Å². The molecule has 8 atom stereocenters. The lowest BCUT2D eigenvalue weighted by atomic mass is 9.35. The van der Waals surface area contributed by atoms with Crippen molar-refractivity contribution >= 4 is 0 Å². The molecule has 1 nitrogen and oxygen atoms in total. The molecule has 172 valence electrons. The molecule has 5 aliphatic carbocycles. The summed E-state index contributed by atoms with van der Waals surface area (Å²) in [5.74, 6) is 1.85. The van der Waals surface area contributed by atoms with Gasteiger partial charge in [-0.1, -0.05) is 66.2 Å². The highest BCUT2D eigenvalue weighted by atomic mass is 16.3. The minimum atomic E-state index is -0.0736. The molecule has 1 N–H and O–H groups in total. The van der Waals surface area contributed by atoms with Crippen LogP contribution in [0.1, 0.15) is 106 Å². The number of hydrogen-bond donors (Lipinski definition) is 1. The van der Waals surface area contributed by atoms with Gasteiger partial charge in [0.1, 0.15) is 0 Å². The Hall–Kier alpha value is -0.780. The third kappa shape index (κ3) is 2.72. The first-order valence-electron chi connectivity index (χ1n) is 13.2. The lowest BCUT2D eigenvalue weighted by Gasteiger charge is -2.70. The second kappa shape index (κ2) is 6.64. The van der Waals surface area contributed by atoms with Gasteiger partial charge in [0.25, 0.3) is 0 Å². The minimum Gasteiger partial charge on any atom is -0.393 e. The van der Waals surface area contributed by atoms with Gasteiger partial charge in [-0.2, -0.15) is 0 Å². The van der Waals surface area contributed by atoms with Gasteiger partial charge < -0.3 is 5.11 Å². The van der Waals surface area contributed by atoms with Crippen LogP contribution in [0.4, 0.5) is 0 Å². The normalized spacial score (nSPS) is 53.3. The SMILES string of the molecule is C=C=C1CC(C)(C)C[C@H]2C3=CC[C@@H]4[C@@]5(C)CCC[C@H](O)[C@@H]5CC[C@@]4(C)[C@]3(C)CC[C@@]12C. The smallest absolute Gasteiger partial charge is 0.0573 e. The molecule has 0 saturated heterocycles. The fraction of sp³-hybridized carbons (Fsp3) is 0.833. The van der Waals surface area contributed by atoms with Crippen molar-refractivity contribution in [3.05, 3.63) is 29.5 Å². The average Bonchev–Trinajstić information content (AvgIpc) is 2.69. The van der Waals surface area contributed by atoms with E-state index in [-0.39, 0.29) is 16.9 Å². The van der Waals surface area contributed by atoms with Crippen LogP contribution < -0.4 is 0 Å². The Labute approximate surface area is 191 Å². The van der Waals surface area contributed by atoms with Crippen LogP contribution >= 0.6 is 0 Å². The van der Waals surface area contributed by atoms with Crippen LogP contribution in [0.3, 0.4) is 0 Å². The highest BCUT2D eigenvalue weighted by Crippen LogP contribution is 2.74. The Morgan fingerprint density at radius 1 is 1.00 bits per heavy atom. The summed E-state index contributed by atoms with van der Waals surface area (Å²) in [7, 11) is 0. The molecule has 31 heavy (non-hydrogen) atoms. The monoisotopic (exact) mass is 422 g/mol. The van der Waals surface area contributed by atoms with Crippen molar-refractivity contribution in [3.63, 3.8) is 0 Å². The van der Waals surface area contributed by atoms with Gasteiger partial charge in [0.15, 0.2) is 0 Å². The summed E-state index contributed by atoms with van der Waals surface area (Å²) in [4.78, 5) is 0. The van der Waals surface area contributed by atoms with Crippen LogP contribution in [-0.4, -0.2) is 11.2 Å². The Balaban J connectivity index is 1.61. The van der Waals surface area contributed by atoms with E-state index in [1.54, 1.807) is 5.57 Å².